The van der Waals surface area contributed by atoms with E-state index in [4.69, 9.17) is 10.5 Å². The predicted octanol–water partition coefficient (Wildman–Crippen LogP) is 2.16. The monoisotopic (exact) mass is 247 g/mol. The van der Waals surface area contributed by atoms with Gasteiger partial charge < -0.3 is 15.4 Å². The maximum Gasteiger partial charge on any atom is 0.132 e. The van der Waals surface area contributed by atoms with Gasteiger partial charge in [-0.2, -0.15) is 0 Å². The number of ether oxygens (including phenoxy) is 1. The molecule has 1 aromatic heterocycles. The number of pyridine rings is 1. The summed E-state index contributed by atoms with van der Waals surface area (Å²) in [4.78, 5) is 6.97. The van der Waals surface area contributed by atoms with E-state index in [9.17, 15) is 0 Å². The van der Waals surface area contributed by atoms with Gasteiger partial charge in [0.25, 0.3) is 0 Å². The van der Waals surface area contributed by atoms with Crippen molar-refractivity contribution in [1.82, 2.24) is 4.98 Å². The zero-order chi connectivity index (χ0) is 12.5. The second kappa shape index (κ2) is 4.76. The maximum absolute atomic E-state index is 5.87. The number of rotatable bonds is 3. The van der Waals surface area contributed by atoms with Crippen LogP contribution in [0.5, 0.6) is 0 Å². The van der Waals surface area contributed by atoms with Crippen LogP contribution in [0.2, 0.25) is 0 Å². The molecule has 3 rings (SSSR count). The SMILES string of the molecule is COC1CCN(c2ncc(N)cc2C2CC2)CC1. The van der Waals surface area contributed by atoms with E-state index < -0.39 is 0 Å². The summed E-state index contributed by atoms with van der Waals surface area (Å²) >= 11 is 0. The van der Waals surface area contributed by atoms with Crippen LogP contribution in [0.1, 0.15) is 37.2 Å². The molecule has 0 bridgehead atoms. The molecule has 0 amide bonds. The molecule has 4 nitrogen and oxygen atoms in total. The minimum absolute atomic E-state index is 0.416. The fourth-order valence-corrected chi connectivity index (χ4v) is 2.75. The Labute approximate surface area is 108 Å². The van der Waals surface area contributed by atoms with Gasteiger partial charge in [-0.1, -0.05) is 0 Å². The van der Waals surface area contributed by atoms with Crippen LogP contribution in [-0.4, -0.2) is 31.3 Å². The summed E-state index contributed by atoms with van der Waals surface area (Å²) in [5, 5.41) is 0. The molecule has 4 heteroatoms. The number of nitrogens with zero attached hydrogens (tertiary/aromatic N) is 2. The smallest absolute Gasteiger partial charge is 0.132 e. The van der Waals surface area contributed by atoms with Crippen molar-refractivity contribution in [2.24, 2.45) is 0 Å². The van der Waals surface area contributed by atoms with Gasteiger partial charge in [-0.3, -0.25) is 0 Å². The minimum atomic E-state index is 0.416. The van der Waals surface area contributed by atoms with Crippen molar-refractivity contribution in [1.29, 1.82) is 0 Å². The van der Waals surface area contributed by atoms with Crippen molar-refractivity contribution in [3.8, 4) is 0 Å². The molecule has 98 valence electrons. The molecule has 0 radical (unpaired) electrons. The fourth-order valence-electron chi connectivity index (χ4n) is 2.75. The summed E-state index contributed by atoms with van der Waals surface area (Å²) < 4.78 is 5.42. The Bertz CT molecular complexity index is 423. The van der Waals surface area contributed by atoms with Crippen LogP contribution in [0.3, 0.4) is 0 Å². The van der Waals surface area contributed by atoms with Gasteiger partial charge >= 0.3 is 0 Å². The average Bonchev–Trinajstić information content (AvgIpc) is 3.23. The summed E-state index contributed by atoms with van der Waals surface area (Å²) in [5.74, 6) is 1.84. The third kappa shape index (κ3) is 2.29. The first kappa shape index (κ1) is 11.8. The highest BCUT2D eigenvalue weighted by atomic mass is 16.5. The van der Waals surface area contributed by atoms with E-state index in [1.807, 2.05) is 0 Å². The number of hydrogen-bond acceptors (Lipinski definition) is 4. The van der Waals surface area contributed by atoms with E-state index in [2.05, 4.69) is 16.0 Å². The quantitative estimate of drug-likeness (QED) is 0.889. The first-order chi connectivity index (χ1) is 8.78. The molecular formula is C14H21N3O. The van der Waals surface area contributed by atoms with Crippen LogP contribution in [0.4, 0.5) is 11.5 Å². The van der Waals surface area contributed by atoms with Crippen molar-refractivity contribution < 1.29 is 4.74 Å². The maximum atomic E-state index is 5.87. The molecule has 1 saturated heterocycles. The Kier molecular flexibility index (Phi) is 3.12. The van der Waals surface area contributed by atoms with E-state index in [1.54, 1.807) is 13.3 Å². The second-order valence-electron chi connectivity index (χ2n) is 5.38. The highest BCUT2D eigenvalue weighted by molar-refractivity contribution is 5.56. The van der Waals surface area contributed by atoms with Gasteiger partial charge in [-0.25, -0.2) is 4.98 Å². The molecule has 1 aromatic rings. The Morgan fingerprint density at radius 1 is 1.28 bits per heavy atom. The molecule has 2 heterocycles. The van der Waals surface area contributed by atoms with Crippen LogP contribution < -0.4 is 10.6 Å². The molecule has 2 N–H and O–H groups in total. The topological polar surface area (TPSA) is 51.4 Å². The van der Waals surface area contributed by atoms with Gasteiger partial charge in [0.2, 0.25) is 0 Å². The molecule has 2 aliphatic rings. The van der Waals surface area contributed by atoms with Gasteiger partial charge in [0.05, 0.1) is 18.0 Å². The lowest BCUT2D eigenvalue weighted by Crippen LogP contribution is -2.37. The van der Waals surface area contributed by atoms with E-state index in [0.717, 1.165) is 37.4 Å². The molecule has 0 aromatic carbocycles. The highest BCUT2D eigenvalue weighted by Gasteiger charge is 2.30. The van der Waals surface area contributed by atoms with Crippen LogP contribution in [-0.2, 0) is 4.74 Å². The number of nitrogen functional groups attached to an aromatic ring is 1. The van der Waals surface area contributed by atoms with Crippen molar-refractivity contribution in [2.45, 2.75) is 37.7 Å². The van der Waals surface area contributed by atoms with Crippen LogP contribution >= 0.6 is 0 Å². The van der Waals surface area contributed by atoms with Crippen LogP contribution in [0.15, 0.2) is 12.3 Å². The van der Waals surface area contributed by atoms with Crippen molar-refractivity contribution in [3.05, 3.63) is 17.8 Å². The number of methoxy groups -OCH3 is 1. The van der Waals surface area contributed by atoms with Crippen molar-refractivity contribution in [2.75, 3.05) is 30.8 Å². The molecule has 0 atom stereocenters. The standard InChI is InChI=1S/C14H21N3O/c1-18-12-4-6-17(7-5-12)14-13(10-2-3-10)8-11(15)9-16-14/h8-10,12H,2-7,15H2,1H3. The van der Waals surface area contributed by atoms with Crippen LogP contribution in [0.25, 0.3) is 0 Å². The predicted molar refractivity (Wildman–Crippen MR) is 72.9 cm³/mol. The van der Waals surface area contributed by atoms with E-state index >= 15 is 0 Å². The molecule has 2 fully saturated rings. The first-order valence-corrected chi connectivity index (χ1v) is 6.81. The first-order valence-electron chi connectivity index (χ1n) is 6.81. The molecule has 18 heavy (non-hydrogen) atoms. The van der Waals surface area contributed by atoms with Crippen molar-refractivity contribution in [3.63, 3.8) is 0 Å². The van der Waals surface area contributed by atoms with Crippen LogP contribution in [0, 0.1) is 0 Å². The summed E-state index contributed by atoms with van der Waals surface area (Å²) in [6.07, 6.45) is 6.95. The van der Waals surface area contributed by atoms with Gasteiger partial charge in [0.1, 0.15) is 5.82 Å². The second-order valence-corrected chi connectivity index (χ2v) is 5.38. The molecular weight excluding hydrogens is 226 g/mol. The number of anilines is 2. The van der Waals surface area contributed by atoms with Crippen molar-refractivity contribution >= 4 is 11.5 Å². The minimum Gasteiger partial charge on any atom is -0.397 e. The number of piperidine rings is 1. The normalized spacial score (nSPS) is 21.3. The molecule has 0 unspecified atom stereocenters. The Hall–Kier alpha value is -1.29. The summed E-state index contributed by atoms with van der Waals surface area (Å²) in [6.45, 7) is 2.07. The fraction of sp³-hybridized carbons (Fsp3) is 0.643. The van der Waals surface area contributed by atoms with Gasteiger partial charge in [-0.05, 0) is 43.2 Å². The third-order valence-corrected chi connectivity index (χ3v) is 4.01. The highest BCUT2D eigenvalue weighted by Crippen LogP contribution is 2.44. The lowest BCUT2D eigenvalue weighted by Gasteiger charge is -2.33. The molecule has 0 spiro atoms. The average molecular weight is 247 g/mol. The number of hydrogen-bond donors (Lipinski definition) is 1. The molecule has 1 aliphatic heterocycles. The lowest BCUT2D eigenvalue weighted by atomic mass is 10.1. The summed E-state index contributed by atoms with van der Waals surface area (Å²) in [7, 11) is 1.80. The van der Waals surface area contributed by atoms with Gasteiger partial charge in [0.15, 0.2) is 0 Å². The summed E-state index contributed by atoms with van der Waals surface area (Å²) in [6, 6.07) is 2.11. The van der Waals surface area contributed by atoms with Gasteiger partial charge in [-0.15, -0.1) is 0 Å². The number of nitrogens with two attached hydrogens (primary N) is 1. The van der Waals surface area contributed by atoms with Gasteiger partial charge in [0, 0.05) is 20.2 Å². The van der Waals surface area contributed by atoms with E-state index in [0.29, 0.717) is 12.0 Å². The summed E-state index contributed by atoms with van der Waals surface area (Å²) in [5.41, 5.74) is 8.00. The number of aromatic nitrogens is 1. The Morgan fingerprint density at radius 2 is 2.00 bits per heavy atom. The largest absolute Gasteiger partial charge is 0.397 e. The third-order valence-electron chi connectivity index (χ3n) is 4.01. The van der Waals surface area contributed by atoms with E-state index in [-0.39, 0.29) is 0 Å². The molecule has 1 aliphatic carbocycles. The van der Waals surface area contributed by atoms with E-state index in [1.165, 1.54) is 18.4 Å². The Balaban J connectivity index is 1.79. The lowest BCUT2D eigenvalue weighted by molar-refractivity contribution is 0.0817. The zero-order valence-corrected chi connectivity index (χ0v) is 10.9. The zero-order valence-electron chi connectivity index (χ0n) is 10.9. The molecule has 1 saturated carbocycles. The Morgan fingerprint density at radius 3 is 2.61 bits per heavy atom.